The van der Waals surface area contributed by atoms with Crippen LogP contribution in [0.1, 0.15) is 38.8 Å². The molecular weight excluding hydrogens is 607 g/mol. The van der Waals surface area contributed by atoms with Gasteiger partial charge in [0.05, 0.1) is 16.2 Å². The molecule has 10 nitrogen and oxygen atoms in total. The van der Waals surface area contributed by atoms with Crippen molar-refractivity contribution in [2.45, 2.75) is 27.1 Å². The lowest BCUT2D eigenvalue weighted by molar-refractivity contribution is -0.385. The van der Waals surface area contributed by atoms with Gasteiger partial charge in [-0.3, -0.25) is 14.9 Å². The number of carbonyl (C=O) groups is 1. The van der Waals surface area contributed by atoms with E-state index in [1.54, 1.807) is 30.3 Å². The summed E-state index contributed by atoms with van der Waals surface area (Å²) in [5.74, 6) is 0.382. The highest BCUT2D eigenvalue weighted by Crippen LogP contribution is 2.36. The van der Waals surface area contributed by atoms with Crippen LogP contribution in [0.2, 0.25) is 10.0 Å². The zero-order valence-electron chi connectivity index (χ0n) is 23.6. The van der Waals surface area contributed by atoms with Crippen molar-refractivity contribution >= 4 is 41.0 Å². The third-order valence-electron chi connectivity index (χ3n) is 6.59. The van der Waals surface area contributed by atoms with Gasteiger partial charge in [-0.05, 0) is 74.5 Å². The number of carbonyl (C=O) groups excluding carboxylic acids is 1. The van der Waals surface area contributed by atoms with Gasteiger partial charge in [0.25, 0.3) is 0 Å². The summed E-state index contributed by atoms with van der Waals surface area (Å²) in [5.41, 5.74) is 6.20. The van der Waals surface area contributed by atoms with Crippen molar-refractivity contribution in [3.05, 3.63) is 139 Å². The van der Waals surface area contributed by atoms with E-state index in [-0.39, 0.29) is 41.0 Å². The van der Waals surface area contributed by atoms with Crippen LogP contribution < -0.4 is 14.9 Å². The van der Waals surface area contributed by atoms with Crippen molar-refractivity contribution < 1.29 is 23.6 Å². The second-order valence-corrected chi connectivity index (χ2v) is 10.5. The number of halogens is 2. The monoisotopic (exact) mass is 632 g/mol. The SMILES string of the molecule is Cc1ccc(C)n1-c1ccc(OCc2ccc(C(=O)N/N=C/c3cc(Cl)c(OCc4ccccc4Cl)c([N+](=O)[O-])c3)o2)cc1. The number of ether oxygens (including phenoxy) is 2. The van der Waals surface area contributed by atoms with Gasteiger partial charge in [-0.15, -0.1) is 0 Å². The third kappa shape index (κ3) is 7.11. The van der Waals surface area contributed by atoms with Crippen LogP contribution in [0.4, 0.5) is 5.69 Å². The van der Waals surface area contributed by atoms with E-state index in [1.807, 2.05) is 38.1 Å². The van der Waals surface area contributed by atoms with Gasteiger partial charge in [0.2, 0.25) is 5.75 Å². The number of benzene rings is 3. The first-order valence-corrected chi connectivity index (χ1v) is 14.1. The lowest BCUT2D eigenvalue weighted by Crippen LogP contribution is -2.16. The summed E-state index contributed by atoms with van der Waals surface area (Å²) in [4.78, 5) is 23.6. The summed E-state index contributed by atoms with van der Waals surface area (Å²) in [7, 11) is 0. The normalized spacial score (nSPS) is 11.1. The Morgan fingerprint density at radius 3 is 2.39 bits per heavy atom. The number of hydrazone groups is 1. The van der Waals surface area contributed by atoms with Crippen molar-refractivity contribution in [1.82, 2.24) is 9.99 Å². The molecule has 2 aromatic heterocycles. The van der Waals surface area contributed by atoms with Crippen molar-refractivity contribution in [2.75, 3.05) is 0 Å². The molecule has 0 atom stereocenters. The molecule has 0 aliphatic heterocycles. The van der Waals surface area contributed by atoms with Crippen LogP contribution in [0.15, 0.2) is 94.4 Å². The van der Waals surface area contributed by atoms with Gasteiger partial charge in [0.15, 0.2) is 5.76 Å². The van der Waals surface area contributed by atoms with Gasteiger partial charge >= 0.3 is 11.6 Å². The van der Waals surface area contributed by atoms with E-state index in [1.165, 1.54) is 24.4 Å². The maximum atomic E-state index is 12.5. The van der Waals surface area contributed by atoms with Crippen LogP contribution >= 0.6 is 23.2 Å². The number of nitrogens with one attached hydrogen (secondary N) is 1. The number of nitro groups is 1. The van der Waals surface area contributed by atoms with Gasteiger partial charge in [-0.1, -0.05) is 41.4 Å². The number of aryl methyl sites for hydroxylation is 2. The molecule has 2 heterocycles. The molecule has 0 aliphatic carbocycles. The van der Waals surface area contributed by atoms with Crippen LogP contribution in [0.3, 0.4) is 0 Å². The predicted molar refractivity (Wildman–Crippen MR) is 167 cm³/mol. The fraction of sp³-hybridized carbons (Fsp3) is 0.125. The van der Waals surface area contributed by atoms with Gasteiger partial charge in [-0.2, -0.15) is 5.10 Å². The molecule has 0 saturated heterocycles. The summed E-state index contributed by atoms with van der Waals surface area (Å²) in [5, 5.41) is 16.1. The molecule has 224 valence electrons. The molecular formula is C32H26Cl2N4O6. The minimum Gasteiger partial charge on any atom is -0.486 e. The standard InChI is InChI=1S/C32H26Cl2N4O6/c1-20-7-8-21(2)37(20)24-9-11-25(12-10-24)42-19-26-13-14-30(44-26)32(39)36-35-17-22-15-28(34)31(29(16-22)38(40)41)43-18-23-5-3-4-6-27(23)33/h3-17H,18-19H2,1-2H3,(H,36,39)/b35-17+. The molecule has 5 rings (SSSR count). The first kappa shape index (κ1) is 30.4. The van der Waals surface area contributed by atoms with Crippen LogP contribution in [-0.4, -0.2) is 21.6 Å². The highest BCUT2D eigenvalue weighted by atomic mass is 35.5. The highest BCUT2D eigenvalue weighted by Gasteiger charge is 2.21. The van der Waals surface area contributed by atoms with Crippen molar-refractivity contribution in [1.29, 1.82) is 0 Å². The molecule has 0 spiro atoms. The fourth-order valence-corrected chi connectivity index (χ4v) is 4.91. The van der Waals surface area contributed by atoms with Crippen LogP contribution in [0.5, 0.6) is 11.5 Å². The molecule has 12 heteroatoms. The Bertz CT molecular complexity index is 1830. The molecule has 1 N–H and O–H groups in total. The Morgan fingerprint density at radius 1 is 0.955 bits per heavy atom. The first-order chi connectivity index (χ1) is 21.2. The van der Waals surface area contributed by atoms with E-state index in [4.69, 9.17) is 37.1 Å². The lowest BCUT2D eigenvalue weighted by Gasteiger charge is -2.10. The molecule has 0 unspecified atom stereocenters. The molecule has 1 amide bonds. The smallest absolute Gasteiger partial charge is 0.313 e. The second kappa shape index (κ2) is 13.5. The Labute approximate surface area is 262 Å². The Balaban J connectivity index is 1.17. The van der Waals surface area contributed by atoms with Crippen molar-refractivity contribution in [2.24, 2.45) is 5.10 Å². The van der Waals surface area contributed by atoms with Gasteiger partial charge in [0, 0.05) is 39.3 Å². The summed E-state index contributed by atoms with van der Waals surface area (Å²) < 4.78 is 19.2. The van der Waals surface area contributed by atoms with E-state index in [9.17, 15) is 14.9 Å². The number of amides is 1. The zero-order chi connectivity index (χ0) is 31.2. The van der Waals surface area contributed by atoms with Crippen molar-refractivity contribution in [3.63, 3.8) is 0 Å². The fourth-order valence-electron chi connectivity index (χ4n) is 4.44. The molecule has 5 aromatic rings. The third-order valence-corrected chi connectivity index (χ3v) is 7.23. The van der Waals surface area contributed by atoms with E-state index < -0.39 is 10.8 Å². The topological polar surface area (TPSA) is 121 Å². The lowest BCUT2D eigenvalue weighted by atomic mass is 10.2. The number of rotatable bonds is 11. The van der Waals surface area contributed by atoms with E-state index in [0.717, 1.165) is 17.1 Å². The Hall–Kier alpha value is -5.06. The van der Waals surface area contributed by atoms with Crippen LogP contribution in [-0.2, 0) is 13.2 Å². The number of nitro benzene ring substituents is 1. The molecule has 0 bridgehead atoms. The number of nitrogens with zero attached hydrogens (tertiary/aromatic N) is 3. The van der Waals surface area contributed by atoms with Crippen molar-refractivity contribution in [3.8, 4) is 17.2 Å². The average Bonchev–Trinajstić information content (AvgIpc) is 3.62. The van der Waals surface area contributed by atoms with E-state index >= 15 is 0 Å². The summed E-state index contributed by atoms with van der Waals surface area (Å²) >= 11 is 12.4. The van der Waals surface area contributed by atoms with Gasteiger partial charge < -0.3 is 18.5 Å². The van der Waals surface area contributed by atoms with E-state index in [0.29, 0.717) is 22.1 Å². The summed E-state index contributed by atoms with van der Waals surface area (Å²) in [6.07, 6.45) is 1.22. The largest absolute Gasteiger partial charge is 0.486 e. The number of hydrogen-bond acceptors (Lipinski definition) is 7. The number of furan rings is 1. The summed E-state index contributed by atoms with van der Waals surface area (Å²) in [6.45, 7) is 4.20. The molecule has 44 heavy (non-hydrogen) atoms. The molecule has 0 aliphatic rings. The van der Waals surface area contributed by atoms with E-state index in [2.05, 4.69) is 27.2 Å². The highest BCUT2D eigenvalue weighted by molar-refractivity contribution is 6.32. The molecule has 3 aromatic carbocycles. The maximum Gasteiger partial charge on any atom is 0.313 e. The summed E-state index contributed by atoms with van der Waals surface area (Å²) in [6, 6.07) is 24.6. The first-order valence-electron chi connectivity index (χ1n) is 13.3. The Morgan fingerprint density at radius 2 is 1.68 bits per heavy atom. The number of hydrogen-bond donors (Lipinski definition) is 1. The van der Waals surface area contributed by atoms with Crippen LogP contribution in [0, 0.1) is 24.0 Å². The average molecular weight is 633 g/mol. The predicted octanol–water partition coefficient (Wildman–Crippen LogP) is 7.82. The molecule has 0 fully saturated rings. The molecule has 0 saturated carbocycles. The minimum absolute atomic E-state index is 0.000653. The number of aromatic nitrogens is 1. The van der Waals surface area contributed by atoms with Gasteiger partial charge in [-0.25, -0.2) is 5.43 Å². The minimum atomic E-state index is -0.616. The Kier molecular flexibility index (Phi) is 9.32. The quantitative estimate of drug-likeness (QED) is 0.0899. The van der Waals surface area contributed by atoms with Gasteiger partial charge in [0.1, 0.15) is 24.7 Å². The van der Waals surface area contributed by atoms with Crippen LogP contribution in [0.25, 0.3) is 5.69 Å². The maximum absolute atomic E-state index is 12.5. The second-order valence-electron chi connectivity index (χ2n) is 9.69. The molecule has 0 radical (unpaired) electrons. The zero-order valence-corrected chi connectivity index (χ0v) is 25.1.